The van der Waals surface area contributed by atoms with Crippen LogP contribution in [0.5, 0.6) is 0 Å². The first-order valence-corrected chi connectivity index (χ1v) is 5.19. The summed E-state index contributed by atoms with van der Waals surface area (Å²) in [6.07, 6.45) is 3.76. The average Bonchev–Trinajstić information content (AvgIpc) is 2.25. The number of pyridine rings is 1. The lowest BCUT2D eigenvalue weighted by atomic mass is 9.62. The van der Waals surface area contributed by atoms with E-state index in [1.54, 1.807) is 6.20 Å². The largest absolute Gasteiger partial charge is 0.351 e. The van der Waals surface area contributed by atoms with Crippen molar-refractivity contribution < 1.29 is 9.59 Å². The summed E-state index contributed by atoms with van der Waals surface area (Å²) in [7, 11) is 0. The summed E-state index contributed by atoms with van der Waals surface area (Å²) in [5, 5.41) is 0. The Labute approximate surface area is 92.3 Å². The van der Waals surface area contributed by atoms with Gasteiger partial charge in [0.2, 0.25) is 0 Å². The van der Waals surface area contributed by atoms with Crippen LogP contribution in [0.3, 0.4) is 0 Å². The van der Waals surface area contributed by atoms with E-state index in [1.807, 2.05) is 12.1 Å². The van der Waals surface area contributed by atoms with Gasteiger partial charge in [-0.05, 0) is 30.4 Å². The standard InChI is InChI=1S/C11H11N3O2/c12-10(16)14-9-8(2-1-3-13-9)7-4-11(14,5-7)6-15/h1-3,6-7H,4-5H2,(H2,12,16). The first kappa shape index (κ1) is 9.33. The second kappa shape index (κ2) is 2.81. The molecule has 3 heterocycles. The molecule has 0 spiro atoms. The van der Waals surface area contributed by atoms with Gasteiger partial charge in [-0.25, -0.2) is 9.78 Å². The molecule has 1 saturated carbocycles. The van der Waals surface area contributed by atoms with Crippen molar-refractivity contribution in [2.24, 2.45) is 5.73 Å². The summed E-state index contributed by atoms with van der Waals surface area (Å²) in [4.78, 5) is 28.1. The van der Waals surface area contributed by atoms with E-state index in [2.05, 4.69) is 4.98 Å². The highest BCUT2D eigenvalue weighted by Crippen LogP contribution is 2.55. The summed E-state index contributed by atoms with van der Waals surface area (Å²) in [6, 6.07) is 3.17. The summed E-state index contributed by atoms with van der Waals surface area (Å²) in [5.74, 6) is 0.883. The van der Waals surface area contributed by atoms with E-state index in [0.29, 0.717) is 24.6 Å². The second-order valence-corrected chi connectivity index (χ2v) is 4.42. The normalized spacial score (nSPS) is 30.2. The summed E-state index contributed by atoms with van der Waals surface area (Å²) in [5.41, 5.74) is 5.63. The smallest absolute Gasteiger partial charge is 0.321 e. The lowest BCUT2D eigenvalue weighted by molar-refractivity contribution is -0.115. The molecule has 4 rings (SSSR count). The van der Waals surface area contributed by atoms with Crippen LogP contribution in [0, 0.1) is 0 Å². The molecule has 0 saturated heterocycles. The average molecular weight is 217 g/mol. The molecule has 1 aliphatic carbocycles. The van der Waals surface area contributed by atoms with Gasteiger partial charge < -0.3 is 10.5 Å². The van der Waals surface area contributed by atoms with Crippen LogP contribution >= 0.6 is 0 Å². The van der Waals surface area contributed by atoms with Crippen LogP contribution in [0.15, 0.2) is 18.3 Å². The zero-order chi connectivity index (χ0) is 11.3. The number of amides is 2. The molecule has 16 heavy (non-hydrogen) atoms. The first-order valence-electron chi connectivity index (χ1n) is 5.19. The molecule has 1 fully saturated rings. The summed E-state index contributed by atoms with van der Waals surface area (Å²) < 4.78 is 0. The number of anilines is 1. The van der Waals surface area contributed by atoms with E-state index in [9.17, 15) is 9.59 Å². The van der Waals surface area contributed by atoms with Crippen LogP contribution in [0.1, 0.15) is 24.3 Å². The van der Waals surface area contributed by atoms with Gasteiger partial charge in [0.15, 0.2) is 0 Å². The Morgan fingerprint density at radius 3 is 3.00 bits per heavy atom. The van der Waals surface area contributed by atoms with Crippen molar-refractivity contribution in [1.29, 1.82) is 0 Å². The van der Waals surface area contributed by atoms with Crippen molar-refractivity contribution in [1.82, 2.24) is 4.98 Å². The molecule has 0 unspecified atom stereocenters. The third kappa shape index (κ3) is 0.925. The number of primary amides is 1. The monoisotopic (exact) mass is 217 g/mol. The maximum atomic E-state index is 11.5. The van der Waals surface area contributed by atoms with Crippen molar-refractivity contribution in [2.75, 3.05) is 4.90 Å². The molecule has 5 nitrogen and oxygen atoms in total. The quantitative estimate of drug-likeness (QED) is 0.707. The van der Waals surface area contributed by atoms with E-state index in [0.717, 1.165) is 11.8 Å². The van der Waals surface area contributed by atoms with Crippen molar-refractivity contribution in [3.8, 4) is 0 Å². The molecule has 82 valence electrons. The number of hydrogen-bond acceptors (Lipinski definition) is 3. The molecule has 3 aliphatic rings. The molecule has 2 aliphatic heterocycles. The van der Waals surface area contributed by atoms with Gasteiger partial charge in [0.05, 0.1) is 0 Å². The summed E-state index contributed by atoms with van der Waals surface area (Å²) >= 11 is 0. The number of nitrogens with zero attached hydrogens (tertiary/aromatic N) is 2. The van der Waals surface area contributed by atoms with E-state index < -0.39 is 11.6 Å². The predicted molar refractivity (Wildman–Crippen MR) is 57.1 cm³/mol. The molecule has 2 N–H and O–H groups in total. The van der Waals surface area contributed by atoms with Crippen molar-refractivity contribution in [3.05, 3.63) is 23.9 Å². The van der Waals surface area contributed by atoms with Crippen LogP contribution < -0.4 is 10.6 Å². The topological polar surface area (TPSA) is 76.3 Å². The first-order chi connectivity index (χ1) is 7.68. The van der Waals surface area contributed by atoms with Crippen LogP contribution in [0.25, 0.3) is 0 Å². The van der Waals surface area contributed by atoms with Crippen LogP contribution in [0.2, 0.25) is 0 Å². The lowest BCUT2D eigenvalue weighted by Gasteiger charge is -2.54. The molecule has 1 aromatic heterocycles. The maximum absolute atomic E-state index is 11.5. The minimum absolute atomic E-state index is 0.337. The van der Waals surface area contributed by atoms with Gasteiger partial charge in [-0.3, -0.25) is 4.90 Å². The number of carbonyl (C=O) groups is 2. The molecule has 0 radical (unpaired) electrons. The molecule has 0 atom stereocenters. The molecular formula is C11H11N3O2. The Morgan fingerprint density at radius 2 is 2.38 bits per heavy atom. The van der Waals surface area contributed by atoms with E-state index >= 15 is 0 Å². The molecule has 2 amide bonds. The van der Waals surface area contributed by atoms with Gasteiger partial charge in [0.25, 0.3) is 0 Å². The van der Waals surface area contributed by atoms with Gasteiger partial charge in [-0.2, -0.15) is 0 Å². The third-order valence-electron chi connectivity index (χ3n) is 3.55. The Kier molecular flexibility index (Phi) is 1.64. The summed E-state index contributed by atoms with van der Waals surface area (Å²) in [6.45, 7) is 0. The number of hydrogen-bond donors (Lipinski definition) is 1. The lowest BCUT2D eigenvalue weighted by Crippen LogP contribution is -2.65. The SMILES string of the molecule is NC(=O)N1c2ncccc2C2CC1(C=O)C2. The van der Waals surface area contributed by atoms with Gasteiger partial charge in [0.1, 0.15) is 17.6 Å². The Morgan fingerprint density at radius 1 is 1.62 bits per heavy atom. The zero-order valence-corrected chi connectivity index (χ0v) is 8.59. The molecule has 5 heteroatoms. The second-order valence-electron chi connectivity index (χ2n) is 4.42. The zero-order valence-electron chi connectivity index (χ0n) is 8.59. The van der Waals surface area contributed by atoms with Crippen LogP contribution in [0.4, 0.5) is 10.6 Å². The Balaban J connectivity index is 2.19. The Hall–Kier alpha value is -1.91. The minimum atomic E-state index is -0.738. The number of urea groups is 1. The van der Waals surface area contributed by atoms with Gasteiger partial charge in [-0.15, -0.1) is 0 Å². The number of carbonyl (C=O) groups excluding carboxylic acids is 2. The van der Waals surface area contributed by atoms with E-state index in [-0.39, 0.29) is 0 Å². The van der Waals surface area contributed by atoms with Crippen LogP contribution in [-0.4, -0.2) is 22.8 Å². The fourth-order valence-electron chi connectivity index (χ4n) is 2.79. The fraction of sp³-hybridized carbons (Fsp3) is 0.364. The van der Waals surface area contributed by atoms with Crippen LogP contribution in [-0.2, 0) is 4.79 Å². The predicted octanol–water partition coefficient (Wildman–Crippen LogP) is 0.795. The highest BCUT2D eigenvalue weighted by Gasteiger charge is 2.56. The molecule has 0 aromatic carbocycles. The van der Waals surface area contributed by atoms with Crippen molar-refractivity contribution >= 4 is 18.1 Å². The highest BCUT2D eigenvalue weighted by molar-refractivity contribution is 5.99. The van der Waals surface area contributed by atoms with Crippen molar-refractivity contribution in [2.45, 2.75) is 24.3 Å². The van der Waals surface area contributed by atoms with E-state index in [1.165, 1.54) is 4.90 Å². The molecule has 2 bridgehead atoms. The van der Waals surface area contributed by atoms with E-state index in [4.69, 9.17) is 5.73 Å². The highest BCUT2D eigenvalue weighted by atomic mass is 16.2. The van der Waals surface area contributed by atoms with Gasteiger partial charge in [-0.1, -0.05) is 6.07 Å². The Bertz CT molecular complexity index is 480. The third-order valence-corrected chi connectivity index (χ3v) is 3.55. The van der Waals surface area contributed by atoms with Gasteiger partial charge >= 0.3 is 6.03 Å². The van der Waals surface area contributed by atoms with Gasteiger partial charge in [0, 0.05) is 6.20 Å². The number of nitrogens with two attached hydrogens (primary N) is 1. The molecule has 1 aromatic rings. The maximum Gasteiger partial charge on any atom is 0.321 e. The number of aromatic nitrogens is 1. The van der Waals surface area contributed by atoms with Crippen molar-refractivity contribution in [3.63, 3.8) is 0 Å². The molecular weight excluding hydrogens is 206 g/mol. The fourth-order valence-corrected chi connectivity index (χ4v) is 2.79. The number of aldehydes is 1. The minimum Gasteiger partial charge on any atom is -0.351 e. The number of rotatable bonds is 1.